The fourth-order valence-corrected chi connectivity index (χ4v) is 10.4. The van der Waals surface area contributed by atoms with Crippen molar-refractivity contribution in [2.45, 2.75) is 57.8 Å². The van der Waals surface area contributed by atoms with Crippen molar-refractivity contribution in [3.63, 3.8) is 0 Å². The second kappa shape index (κ2) is 12.2. The molecule has 1 aromatic heterocycles. The molecule has 280 valence electrons. The van der Waals surface area contributed by atoms with Gasteiger partial charge in [0.2, 0.25) is 5.95 Å². The van der Waals surface area contributed by atoms with Crippen molar-refractivity contribution in [3.8, 4) is 56.2 Å². The van der Waals surface area contributed by atoms with Crippen molar-refractivity contribution in [2.75, 3.05) is 4.90 Å². The maximum Gasteiger partial charge on any atom is 0.238 e. The third-order valence-electron chi connectivity index (χ3n) is 13.4. The van der Waals surface area contributed by atoms with Gasteiger partial charge in [-0.05, 0) is 73.8 Å². The van der Waals surface area contributed by atoms with Gasteiger partial charge in [-0.25, -0.2) is 4.98 Å². The lowest BCUT2D eigenvalue weighted by atomic mass is 9.82. The monoisotopic (exact) mass is 748 g/mol. The third kappa shape index (κ3) is 4.78. The van der Waals surface area contributed by atoms with Crippen LogP contribution in [0.5, 0.6) is 0 Å². The van der Waals surface area contributed by atoms with E-state index in [0.717, 1.165) is 22.5 Å². The van der Waals surface area contributed by atoms with Gasteiger partial charge in [0.15, 0.2) is 11.6 Å². The van der Waals surface area contributed by atoms with Crippen molar-refractivity contribution in [3.05, 3.63) is 191 Å². The molecule has 0 aliphatic heterocycles. The summed E-state index contributed by atoms with van der Waals surface area (Å²) in [5.74, 6) is 1.85. The zero-order valence-electron chi connectivity index (χ0n) is 33.8. The van der Waals surface area contributed by atoms with Gasteiger partial charge in [-0.2, -0.15) is 9.97 Å². The molecule has 0 N–H and O–H groups in total. The molecule has 0 fully saturated rings. The van der Waals surface area contributed by atoms with Gasteiger partial charge in [-0.1, -0.05) is 181 Å². The zero-order valence-corrected chi connectivity index (χ0v) is 33.8. The van der Waals surface area contributed by atoms with Crippen molar-refractivity contribution in [1.82, 2.24) is 15.0 Å². The van der Waals surface area contributed by atoms with Gasteiger partial charge in [-0.15, -0.1) is 0 Å². The van der Waals surface area contributed by atoms with Crippen LogP contribution in [0.4, 0.5) is 17.3 Å². The van der Waals surface area contributed by atoms with E-state index in [1.165, 1.54) is 66.8 Å². The highest BCUT2D eigenvalue weighted by Gasteiger charge is 2.42. The third-order valence-corrected chi connectivity index (χ3v) is 13.4. The molecule has 58 heavy (non-hydrogen) atoms. The molecule has 0 radical (unpaired) electrons. The summed E-state index contributed by atoms with van der Waals surface area (Å²) in [6.07, 6.45) is 0. The standard InChI is InChI=1S/C54H44N4/c1-52(2)39-23-13-10-20-35(39)38-32-34(30-31-42(38)52)50-55-49(33-18-8-7-9-19-33)56-51(57-50)58(45-28-16-26-43-47(45)36-21-11-14-24-40(36)53(43,3)4)46-29-17-27-44-48(46)37-22-12-15-25-41(37)54(44,5)6/h7-32H,1-6H3. The van der Waals surface area contributed by atoms with Crippen LogP contribution in [-0.4, -0.2) is 15.0 Å². The molecular weight excluding hydrogens is 705 g/mol. The van der Waals surface area contributed by atoms with E-state index in [1.54, 1.807) is 0 Å². The van der Waals surface area contributed by atoms with Crippen molar-refractivity contribution in [2.24, 2.45) is 0 Å². The van der Waals surface area contributed by atoms with Gasteiger partial charge in [0.1, 0.15) is 0 Å². The topological polar surface area (TPSA) is 41.9 Å². The minimum atomic E-state index is -0.186. The van der Waals surface area contributed by atoms with E-state index in [2.05, 4.69) is 198 Å². The fraction of sp³-hybridized carbons (Fsp3) is 0.167. The summed E-state index contributed by atoms with van der Waals surface area (Å²) in [5.41, 5.74) is 18.8. The van der Waals surface area contributed by atoms with Crippen LogP contribution in [-0.2, 0) is 16.2 Å². The molecule has 0 amide bonds. The molecule has 8 aromatic rings. The van der Waals surface area contributed by atoms with Crippen molar-refractivity contribution >= 4 is 17.3 Å². The van der Waals surface area contributed by atoms with E-state index < -0.39 is 0 Å². The average Bonchev–Trinajstić information content (AvgIpc) is 3.74. The van der Waals surface area contributed by atoms with Gasteiger partial charge in [0.05, 0.1) is 11.4 Å². The first-order chi connectivity index (χ1) is 28.0. The lowest BCUT2D eigenvalue weighted by Crippen LogP contribution is -2.19. The lowest BCUT2D eigenvalue weighted by molar-refractivity contribution is 0.660. The van der Waals surface area contributed by atoms with E-state index in [1.807, 2.05) is 6.07 Å². The SMILES string of the molecule is CC1(C)c2ccccc2-c2cc(-c3nc(-c4ccccc4)nc(N(c4cccc5c4-c4ccccc4C5(C)C)c4cccc5c4-c4ccccc4C5(C)C)n3)ccc21. The summed E-state index contributed by atoms with van der Waals surface area (Å²) >= 11 is 0. The molecule has 3 aliphatic rings. The summed E-state index contributed by atoms with van der Waals surface area (Å²) in [4.78, 5) is 18.6. The van der Waals surface area contributed by atoms with Gasteiger partial charge < -0.3 is 0 Å². The Balaban J connectivity index is 1.22. The largest absolute Gasteiger partial charge is 0.278 e. The van der Waals surface area contributed by atoms with Gasteiger partial charge in [0.25, 0.3) is 0 Å². The molecule has 0 atom stereocenters. The van der Waals surface area contributed by atoms with Crippen LogP contribution >= 0.6 is 0 Å². The normalized spacial score (nSPS) is 15.5. The first-order valence-electron chi connectivity index (χ1n) is 20.4. The van der Waals surface area contributed by atoms with Crippen LogP contribution in [0.25, 0.3) is 56.2 Å². The first kappa shape index (κ1) is 34.6. The van der Waals surface area contributed by atoms with E-state index in [9.17, 15) is 0 Å². The van der Waals surface area contributed by atoms with Crippen LogP contribution in [0.15, 0.2) is 158 Å². The molecule has 7 aromatic carbocycles. The second-order valence-corrected chi connectivity index (χ2v) is 17.7. The number of benzene rings is 7. The molecule has 3 aliphatic carbocycles. The van der Waals surface area contributed by atoms with Crippen LogP contribution in [0.1, 0.15) is 74.9 Å². The Morgan fingerprint density at radius 1 is 0.345 bits per heavy atom. The number of anilines is 3. The van der Waals surface area contributed by atoms with E-state index in [4.69, 9.17) is 15.0 Å². The Morgan fingerprint density at radius 3 is 1.34 bits per heavy atom. The van der Waals surface area contributed by atoms with Crippen LogP contribution in [0, 0.1) is 0 Å². The lowest BCUT2D eigenvalue weighted by Gasteiger charge is -2.30. The van der Waals surface area contributed by atoms with Gasteiger partial charge in [-0.3, -0.25) is 4.90 Å². The summed E-state index contributed by atoms with van der Waals surface area (Å²) in [6, 6.07) is 57.1. The van der Waals surface area contributed by atoms with Crippen molar-refractivity contribution in [1.29, 1.82) is 0 Å². The first-order valence-corrected chi connectivity index (χ1v) is 20.4. The van der Waals surface area contributed by atoms with E-state index in [-0.39, 0.29) is 16.2 Å². The minimum absolute atomic E-state index is 0.101. The van der Waals surface area contributed by atoms with E-state index in [0.29, 0.717) is 17.6 Å². The van der Waals surface area contributed by atoms with Gasteiger partial charge in [0, 0.05) is 38.5 Å². The quantitative estimate of drug-likeness (QED) is 0.176. The Labute approximate surface area is 341 Å². The molecule has 0 saturated heterocycles. The molecule has 0 saturated carbocycles. The number of rotatable bonds is 5. The predicted octanol–water partition coefficient (Wildman–Crippen LogP) is 13.6. The number of hydrogen-bond acceptors (Lipinski definition) is 4. The van der Waals surface area contributed by atoms with Crippen LogP contribution < -0.4 is 4.90 Å². The van der Waals surface area contributed by atoms with Crippen LogP contribution in [0.3, 0.4) is 0 Å². The summed E-state index contributed by atoms with van der Waals surface area (Å²) < 4.78 is 0. The minimum Gasteiger partial charge on any atom is -0.278 e. The molecule has 1 heterocycles. The summed E-state index contributed by atoms with van der Waals surface area (Å²) in [5, 5.41) is 0. The maximum atomic E-state index is 5.54. The highest BCUT2D eigenvalue weighted by molar-refractivity contribution is 5.99. The molecule has 0 spiro atoms. The molecule has 0 unspecified atom stereocenters. The zero-order chi connectivity index (χ0) is 39.6. The van der Waals surface area contributed by atoms with Crippen LogP contribution in [0.2, 0.25) is 0 Å². The van der Waals surface area contributed by atoms with Gasteiger partial charge >= 0.3 is 0 Å². The predicted molar refractivity (Wildman–Crippen MR) is 238 cm³/mol. The molecule has 11 rings (SSSR count). The fourth-order valence-electron chi connectivity index (χ4n) is 10.4. The highest BCUT2D eigenvalue weighted by Crippen LogP contribution is 2.58. The Kier molecular flexibility index (Phi) is 7.26. The van der Waals surface area contributed by atoms with Crippen molar-refractivity contribution < 1.29 is 0 Å². The molecule has 4 nitrogen and oxygen atoms in total. The second-order valence-electron chi connectivity index (χ2n) is 17.7. The molecule has 4 heteroatoms. The smallest absolute Gasteiger partial charge is 0.238 e. The number of hydrogen-bond donors (Lipinski definition) is 0. The molecule has 0 bridgehead atoms. The maximum absolute atomic E-state index is 5.54. The van der Waals surface area contributed by atoms with E-state index >= 15 is 0 Å². The summed E-state index contributed by atoms with van der Waals surface area (Å²) in [7, 11) is 0. The summed E-state index contributed by atoms with van der Waals surface area (Å²) in [6.45, 7) is 14.0. The Bertz CT molecular complexity index is 2880. The Hall–Kier alpha value is -6.65. The number of fused-ring (bicyclic) bond motifs is 9. The molecular formula is C54H44N4. The number of nitrogens with zero attached hydrogens (tertiary/aromatic N) is 4. The number of aromatic nitrogens is 3. The average molecular weight is 749 g/mol. The highest BCUT2D eigenvalue weighted by atomic mass is 15.3. The Morgan fingerprint density at radius 2 is 0.776 bits per heavy atom.